The van der Waals surface area contributed by atoms with Gasteiger partial charge in [0.15, 0.2) is 0 Å². The molecule has 5 heteroatoms. The molecule has 1 aromatic carbocycles. The van der Waals surface area contributed by atoms with Crippen LogP contribution in [0.5, 0.6) is 0 Å². The summed E-state index contributed by atoms with van der Waals surface area (Å²) in [6, 6.07) is 7.30. The van der Waals surface area contributed by atoms with Crippen LogP contribution in [0.15, 0.2) is 12.1 Å². The molecule has 0 bridgehead atoms. The third kappa shape index (κ3) is 3.48. The zero-order valence-electron chi connectivity index (χ0n) is 11.5. The summed E-state index contributed by atoms with van der Waals surface area (Å²) in [4.78, 5) is 13.4. The third-order valence-electron chi connectivity index (χ3n) is 3.48. The number of hydrogen-bond donors (Lipinski definition) is 1. The van der Waals surface area contributed by atoms with Crippen LogP contribution in [-0.4, -0.2) is 25.3 Å². The molecule has 2 aliphatic heterocycles. The van der Waals surface area contributed by atoms with E-state index in [1.807, 2.05) is 13.0 Å². The number of nitrogens with zero attached hydrogens (tertiary/aromatic N) is 1. The van der Waals surface area contributed by atoms with E-state index >= 15 is 0 Å². The van der Waals surface area contributed by atoms with Crippen LogP contribution in [0.3, 0.4) is 0 Å². The van der Waals surface area contributed by atoms with Crippen molar-refractivity contribution in [2.24, 2.45) is 0 Å². The number of fused-ring (bicyclic) bond motifs is 1. The molecule has 1 N–H and O–H groups in total. The number of anilines is 1. The standard InChI is InChI=1S/C14H17N2O2.Rb/c1-10-9-16(14(17)18-10)13-5-4-12-8-15-6-2-3-11(12)7-13;/h5,7,10,15H,2-3,6,8-9H2,1H3;/q-1;+1. The normalized spacial score (nSPS) is 22.3. The van der Waals surface area contributed by atoms with Gasteiger partial charge < -0.3 is 15.0 Å². The van der Waals surface area contributed by atoms with Gasteiger partial charge in [-0.05, 0) is 26.4 Å². The van der Waals surface area contributed by atoms with Gasteiger partial charge in [0.2, 0.25) is 0 Å². The van der Waals surface area contributed by atoms with E-state index in [0.29, 0.717) is 6.54 Å². The molecule has 96 valence electrons. The van der Waals surface area contributed by atoms with Crippen molar-refractivity contribution in [1.29, 1.82) is 0 Å². The van der Waals surface area contributed by atoms with Gasteiger partial charge in [0.25, 0.3) is 0 Å². The number of hydrogen-bond acceptors (Lipinski definition) is 3. The molecule has 3 rings (SSSR count). The molecule has 1 fully saturated rings. The minimum atomic E-state index is -0.248. The molecule has 0 aliphatic carbocycles. The molecule has 0 aromatic heterocycles. The maximum atomic E-state index is 11.7. The molecular formula is C14H17N2O2Rb. The van der Waals surface area contributed by atoms with Gasteiger partial charge in [-0.2, -0.15) is 12.1 Å². The summed E-state index contributed by atoms with van der Waals surface area (Å²) in [6.07, 6.45) is 1.90. The predicted octanol–water partition coefficient (Wildman–Crippen LogP) is -1.13. The van der Waals surface area contributed by atoms with Gasteiger partial charge in [0, 0.05) is 0 Å². The van der Waals surface area contributed by atoms with Crippen molar-refractivity contribution in [3.05, 3.63) is 29.3 Å². The van der Waals surface area contributed by atoms with Crippen molar-refractivity contribution in [2.75, 3.05) is 18.0 Å². The van der Waals surface area contributed by atoms with Crippen LogP contribution in [0.25, 0.3) is 0 Å². The molecule has 4 nitrogen and oxygen atoms in total. The average molecular weight is 331 g/mol. The van der Waals surface area contributed by atoms with Gasteiger partial charge >= 0.3 is 64.3 Å². The molecule has 2 aliphatic rings. The van der Waals surface area contributed by atoms with Gasteiger partial charge in [-0.1, -0.05) is 12.1 Å². The minimum absolute atomic E-state index is 0. The summed E-state index contributed by atoms with van der Waals surface area (Å²) >= 11 is 0. The fraction of sp³-hybridized carbons (Fsp3) is 0.500. The number of amides is 1. The molecule has 0 spiro atoms. The van der Waals surface area contributed by atoms with Crippen LogP contribution in [0.1, 0.15) is 24.5 Å². The number of aryl methyl sites for hydroxylation is 1. The van der Waals surface area contributed by atoms with Gasteiger partial charge in [-0.25, -0.2) is 4.79 Å². The molecule has 0 radical (unpaired) electrons. The Morgan fingerprint density at radius 1 is 1.53 bits per heavy atom. The van der Waals surface area contributed by atoms with E-state index in [1.54, 1.807) is 4.90 Å². The molecule has 1 aromatic rings. The van der Waals surface area contributed by atoms with Crippen LogP contribution < -0.4 is 68.4 Å². The van der Waals surface area contributed by atoms with Crippen molar-refractivity contribution < 1.29 is 67.7 Å². The van der Waals surface area contributed by atoms with E-state index < -0.39 is 0 Å². The topological polar surface area (TPSA) is 41.6 Å². The van der Waals surface area contributed by atoms with Crippen molar-refractivity contribution in [3.63, 3.8) is 0 Å². The Bertz CT molecular complexity index is 479. The molecule has 19 heavy (non-hydrogen) atoms. The Labute approximate surface area is 162 Å². The van der Waals surface area contributed by atoms with Crippen LogP contribution in [0, 0.1) is 6.07 Å². The number of rotatable bonds is 1. The first-order chi connectivity index (χ1) is 8.74. The van der Waals surface area contributed by atoms with Crippen molar-refractivity contribution in [1.82, 2.24) is 5.32 Å². The number of ether oxygens (including phenoxy) is 1. The zero-order chi connectivity index (χ0) is 12.5. The van der Waals surface area contributed by atoms with Gasteiger partial charge in [0.1, 0.15) is 6.10 Å². The second-order valence-electron chi connectivity index (χ2n) is 4.95. The summed E-state index contributed by atoms with van der Waals surface area (Å²) in [7, 11) is 0. The monoisotopic (exact) mass is 330 g/mol. The number of carbonyl (C=O) groups excluding carboxylic acids is 1. The first-order valence-electron chi connectivity index (χ1n) is 6.46. The maximum Gasteiger partial charge on any atom is 1.00 e. The number of nitrogens with one attached hydrogen (secondary N) is 1. The molecule has 0 saturated carbocycles. The summed E-state index contributed by atoms with van der Waals surface area (Å²) in [6.45, 7) is 4.45. The molecule has 1 unspecified atom stereocenters. The molecule has 1 atom stereocenters. The largest absolute Gasteiger partial charge is 1.00 e. The Morgan fingerprint density at radius 2 is 2.37 bits per heavy atom. The van der Waals surface area contributed by atoms with Crippen molar-refractivity contribution in [3.8, 4) is 0 Å². The number of cyclic esters (lactones) is 1. The quantitative estimate of drug-likeness (QED) is 0.663. The van der Waals surface area contributed by atoms with E-state index in [0.717, 1.165) is 31.6 Å². The van der Waals surface area contributed by atoms with Crippen molar-refractivity contribution >= 4 is 11.8 Å². The summed E-state index contributed by atoms with van der Waals surface area (Å²) in [5.74, 6) is 0. The van der Waals surface area contributed by atoms with E-state index in [2.05, 4.69) is 17.4 Å². The molecule has 2 heterocycles. The van der Waals surface area contributed by atoms with Gasteiger partial charge in [-0.15, -0.1) is 17.2 Å². The molecular weight excluding hydrogens is 314 g/mol. The number of benzene rings is 1. The number of carbonyl (C=O) groups is 1. The van der Waals surface area contributed by atoms with Crippen molar-refractivity contribution in [2.45, 2.75) is 32.4 Å². The fourth-order valence-corrected chi connectivity index (χ4v) is 2.54. The van der Waals surface area contributed by atoms with Crippen LogP contribution >= 0.6 is 0 Å². The van der Waals surface area contributed by atoms with E-state index in [4.69, 9.17) is 4.74 Å². The average Bonchev–Trinajstić information content (AvgIpc) is 2.58. The van der Waals surface area contributed by atoms with E-state index in [1.165, 1.54) is 11.1 Å². The van der Waals surface area contributed by atoms with Gasteiger partial charge in [-0.3, -0.25) is 0 Å². The summed E-state index contributed by atoms with van der Waals surface area (Å²) < 4.78 is 5.16. The fourth-order valence-electron chi connectivity index (χ4n) is 2.54. The first-order valence-corrected chi connectivity index (χ1v) is 6.46. The maximum absolute atomic E-state index is 11.7. The Morgan fingerprint density at radius 3 is 3.11 bits per heavy atom. The van der Waals surface area contributed by atoms with E-state index in [-0.39, 0.29) is 70.4 Å². The molecule has 1 saturated heterocycles. The van der Waals surface area contributed by atoms with Crippen LogP contribution in [0.4, 0.5) is 10.5 Å². The third-order valence-corrected chi connectivity index (χ3v) is 3.48. The second-order valence-corrected chi connectivity index (χ2v) is 4.95. The Balaban J connectivity index is 0.00000133. The SMILES string of the molecule is CC1CN(c2c[c-]c3c(c2)CCCNC3)C(=O)O1.[Rb+]. The smallest absolute Gasteiger partial charge is 0.445 e. The van der Waals surface area contributed by atoms with Crippen LogP contribution in [0.2, 0.25) is 0 Å². The second kappa shape index (κ2) is 6.81. The zero-order valence-corrected chi connectivity index (χ0v) is 16.4. The first kappa shape index (κ1) is 15.6. The summed E-state index contributed by atoms with van der Waals surface area (Å²) in [5, 5.41) is 3.37. The molecule has 1 amide bonds. The van der Waals surface area contributed by atoms with Crippen LogP contribution in [-0.2, 0) is 17.7 Å². The minimum Gasteiger partial charge on any atom is -0.445 e. The Kier molecular flexibility index (Phi) is 5.60. The Hall–Kier alpha value is 0.255. The predicted molar refractivity (Wildman–Crippen MR) is 68.6 cm³/mol. The van der Waals surface area contributed by atoms with E-state index in [9.17, 15) is 4.79 Å². The van der Waals surface area contributed by atoms with Gasteiger partial charge in [0.05, 0.1) is 6.54 Å². The summed E-state index contributed by atoms with van der Waals surface area (Å²) in [5.41, 5.74) is 3.42.